The van der Waals surface area contributed by atoms with Crippen molar-refractivity contribution >= 4 is 11.7 Å². The third-order valence-electron chi connectivity index (χ3n) is 5.99. The number of aliphatic hydroxyl groups excluding tert-OH is 1. The highest BCUT2D eigenvalue weighted by molar-refractivity contribution is 5.74. The zero-order valence-corrected chi connectivity index (χ0v) is 14.6. The van der Waals surface area contributed by atoms with Crippen molar-refractivity contribution in [1.82, 2.24) is 20.0 Å². The molecule has 0 radical (unpaired) electrons. The van der Waals surface area contributed by atoms with Gasteiger partial charge in [0.2, 0.25) is 0 Å². The molecule has 2 aliphatic rings. The van der Waals surface area contributed by atoms with E-state index in [4.69, 9.17) is 0 Å². The van der Waals surface area contributed by atoms with E-state index in [2.05, 4.69) is 15.6 Å². The molecule has 6 nitrogen and oxygen atoms in total. The number of aromatic nitrogens is 2. The highest BCUT2D eigenvalue weighted by atomic mass is 16.3. The molecule has 134 valence electrons. The van der Waals surface area contributed by atoms with Crippen LogP contribution in [-0.2, 0) is 6.42 Å². The van der Waals surface area contributed by atoms with Crippen LogP contribution in [0.1, 0.15) is 30.5 Å². The van der Waals surface area contributed by atoms with Crippen LogP contribution < -0.4 is 10.6 Å². The Morgan fingerprint density at radius 3 is 3.04 bits per heavy atom. The number of carbonyl (C=O) groups is 1. The van der Waals surface area contributed by atoms with Crippen molar-refractivity contribution in [2.45, 2.75) is 38.6 Å². The Morgan fingerprint density at radius 1 is 1.40 bits per heavy atom. The van der Waals surface area contributed by atoms with Crippen molar-refractivity contribution in [3.63, 3.8) is 0 Å². The van der Waals surface area contributed by atoms with Gasteiger partial charge in [-0.2, -0.15) is 0 Å². The van der Waals surface area contributed by atoms with Gasteiger partial charge in [-0.05, 0) is 49.7 Å². The summed E-state index contributed by atoms with van der Waals surface area (Å²) in [6.45, 7) is 2.77. The molecule has 2 aromatic rings. The van der Waals surface area contributed by atoms with Crippen LogP contribution in [-0.4, -0.2) is 39.7 Å². The molecule has 2 aromatic heterocycles. The van der Waals surface area contributed by atoms with Gasteiger partial charge in [-0.25, -0.2) is 9.78 Å². The molecule has 2 aliphatic carbocycles. The lowest BCUT2D eigenvalue weighted by Crippen LogP contribution is -2.49. The van der Waals surface area contributed by atoms with Crippen molar-refractivity contribution in [3.05, 3.63) is 35.8 Å². The van der Waals surface area contributed by atoms with Gasteiger partial charge in [0.1, 0.15) is 5.65 Å². The summed E-state index contributed by atoms with van der Waals surface area (Å²) in [5.41, 5.74) is 3.09. The summed E-state index contributed by atoms with van der Waals surface area (Å²) in [6, 6.07) is 4.05. The van der Waals surface area contributed by atoms with Crippen LogP contribution in [0.25, 0.3) is 5.65 Å². The number of nitrogens with zero attached hydrogens (tertiary/aromatic N) is 2. The van der Waals surface area contributed by atoms with E-state index < -0.39 is 0 Å². The Balaban J connectivity index is 1.29. The zero-order valence-electron chi connectivity index (χ0n) is 14.6. The lowest BCUT2D eigenvalue weighted by molar-refractivity contribution is 0.144. The fraction of sp³-hybridized carbons (Fsp3) is 0.579. The number of nitrogens with one attached hydrogen (secondary N) is 2. The average molecular weight is 342 g/mol. The predicted octanol–water partition coefficient (Wildman–Crippen LogP) is 1.89. The minimum Gasteiger partial charge on any atom is -0.396 e. The molecule has 4 atom stereocenters. The smallest absolute Gasteiger partial charge is 0.315 e. The molecule has 4 unspecified atom stereocenters. The van der Waals surface area contributed by atoms with Crippen molar-refractivity contribution < 1.29 is 9.90 Å². The monoisotopic (exact) mass is 342 g/mol. The molecular formula is C19H26N4O2. The summed E-state index contributed by atoms with van der Waals surface area (Å²) in [5.74, 6) is 1.35. The van der Waals surface area contributed by atoms with Crippen LogP contribution in [0.15, 0.2) is 24.5 Å². The predicted molar refractivity (Wildman–Crippen MR) is 95.4 cm³/mol. The lowest BCUT2D eigenvalue weighted by atomic mass is 9.85. The first-order valence-electron chi connectivity index (χ1n) is 9.24. The number of urea groups is 1. The second-order valence-corrected chi connectivity index (χ2v) is 7.51. The number of aliphatic hydroxyl groups is 1. The maximum Gasteiger partial charge on any atom is 0.315 e. The van der Waals surface area contributed by atoms with Gasteiger partial charge >= 0.3 is 6.03 Å². The van der Waals surface area contributed by atoms with E-state index >= 15 is 0 Å². The molecule has 0 aromatic carbocycles. The van der Waals surface area contributed by atoms with Crippen LogP contribution in [0.2, 0.25) is 0 Å². The highest BCUT2D eigenvalue weighted by Gasteiger charge is 2.47. The Kier molecular flexibility index (Phi) is 4.37. The largest absolute Gasteiger partial charge is 0.396 e. The third-order valence-corrected chi connectivity index (χ3v) is 5.99. The normalized spacial score (nSPS) is 27.8. The lowest BCUT2D eigenvalue weighted by Gasteiger charge is -2.30. The first-order valence-corrected chi connectivity index (χ1v) is 9.24. The summed E-state index contributed by atoms with van der Waals surface area (Å²) >= 11 is 0. The number of hydrogen-bond donors (Lipinski definition) is 3. The van der Waals surface area contributed by atoms with Crippen molar-refractivity contribution in [2.24, 2.45) is 17.8 Å². The Labute approximate surface area is 147 Å². The summed E-state index contributed by atoms with van der Waals surface area (Å²) in [4.78, 5) is 16.9. The minimum absolute atomic E-state index is 0.126. The van der Waals surface area contributed by atoms with Crippen LogP contribution in [0.3, 0.4) is 0 Å². The van der Waals surface area contributed by atoms with Crippen molar-refractivity contribution in [1.29, 1.82) is 0 Å². The van der Waals surface area contributed by atoms with E-state index in [1.165, 1.54) is 12.8 Å². The van der Waals surface area contributed by atoms with Crippen molar-refractivity contribution in [3.8, 4) is 0 Å². The standard InChI is InChI=1S/C19H26N4O2/c1-12-3-2-8-23-10-15(21-18(12)23)6-7-20-19(25)22-17-14-5-4-13(9-14)16(17)11-24/h2-3,8,10,13-14,16-17,24H,4-7,9,11H2,1H3,(H2,20,22,25). The second kappa shape index (κ2) is 6.67. The fourth-order valence-electron chi connectivity index (χ4n) is 4.73. The summed E-state index contributed by atoms with van der Waals surface area (Å²) in [7, 11) is 0. The van der Waals surface area contributed by atoms with E-state index in [0.29, 0.717) is 24.8 Å². The number of carbonyl (C=O) groups excluding carboxylic acids is 1. The minimum atomic E-state index is -0.129. The topological polar surface area (TPSA) is 78.7 Å². The van der Waals surface area contributed by atoms with Gasteiger partial charge in [-0.15, -0.1) is 0 Å². The van der Waals surface area contributed by atoms with Gasteiger partial charge in [-0.1, -0.05) is 6.07 Å². The van der Waals surface area contributed by atoms with Crippen molar-refractivity contribution in [2.75, 3.05) is 13.2 Å². The number of aryl methyl sites for hydroxylation is 1. The second-order valence-electron chi connectivity index (χ2n) is 7.51. The first kappa shape index (κ1) is 16.4. The molecule has 2 fully saturated rings. The molecule has 2 amide bonds. The number of imidazole rings is 1. The van der Waals surface area contributed by atoms with Crippen LogP contribution in [0.4, 0.5) is 4.79 Å². The van der Waals surface area contributed by atoms with Gasteiger partial charge < -0.3 is 20.1 Å². The third kappa shape index (κ3) is 3.11. The van der Waals surface area contributed by atoms with E-state index in [-0.39, 0.29) is 24.6 Å². The van der Waals surface area contributed by atoms with E-state index in [1.807, 2.05) is 35.9 Å². The van der Waals surface area contributed by atoms with Gasteiger partial charge in [0.25, 0.3) is 0 Å². The summed E-state index contributed by atoms with van der Waals surface area (Å²) < 4.78 is 2.02. The quantitative estimate of drug-likeness (QED) is 0.776. The Hall–Kier alpha value is -2.08. The zero-order chi connectivity index (χ0) is 17.4. The SMILES string of the molecule is Cc1cccn2cc(CCNC(=O)NC3C4CCC(C4)C3CO)nc12. The molecule has 2 bridgehead atoms. The summed E-state index contributed by atoms with van der Waals surface area (Å²) in [6.07, 6.45) is 8.23. The molecule has 3 N–H and O–H groups in total. The number of pyridine rings is 1. The molecule has 0 spiro atoms. The number of fused-ring (bicyclic) bond motifs is 3. The molecule has 4 rings (SSSR count). The molecule has 2 saturated carbocycles. The maximum atomic E-state index is 12.2. The van der Waals surface area contributed by atoms with E-state index in [9.17, 15) is 9.90 Å². The van der Waals surface area contributed by atoms with Crippen LogP contribution in [0, 0.1) is 24.7 Å². The average Bonchev–Trinajstić information content (AvgIpc) is 3.29. The van der Waals surface area contributed by atoms with Gasteiger partial charge in [0, 0.05) is 43.9 Å². The fourth-order valence-corrected chi connectivity index (χ4v) is 4.73. The Bertz CT molecular complexity index is 772. The summed E-state index contributed by atoms with van der Waals surface area (Å²) in [5, 5.41) is 15.6. The van der Waals surface area contributed by atoms with Crippen LogP contribution >= 0.6 is 0 Å². The molecule has 0 aliphatic heterocycles. The van der Waals surface area contributed by atoms with Gasteiger partial charge in [0.15, 0.2) is 0 Å². The molecule has 25 heavy (non-hydrogen) atoms. The Morgan fingerprint density at radius 2 is 2.24 bits per heavy atom. The van der Waals surface area contributed by atoms with Gasteiger partial charge in [-0.3, -0.25) is 0 Å². The van der Waals surface area contributed by atoms with Gasteiger partial charge in [0.05, 0.1) is 5.69 Å². The molecule has 0 saturated heterocycles. The maximum absolute atomic E-state index is 12.2. The van der Waals surface area contributed by atoms with E-state index in [0.717, 1.165) is 23.3 Å². The molecule has 2 heterocycles. The molecular weight excluding hydrogens is 316 g/mol. The number of rotatable bonds is 5. The van der Waals surface area contributed by atoms with E-state index in [1.54, 1.807) is 0 Å². The molecule has 6 heteroatoms. The number of hydrogen-bond acceptors (Lipinski definition) is 3. The highest BCUT2D eigenvalue weighted by Crippen LogP contribution is 2.48. The number of amides is 2. The first-order chi connectivity index (χ1) is 12.2. The van der Waals surface area contributed by atoms with Crippen LogP contribution in [0.5, 0.6) is 0 Å².